The summed E-state index contributed by atoms with van der Waals surface area (Å²) < 4.78 is 58.3. The summed E-state index contributed by atoms with van der Waals surface area (Å²) in [4.78, 5) is 57.0. The largest absolute Gasteiger partial charge is 0.404 e. The molecule has 3 saturated heterocycles. The summed E-state index contributed by atoms with van der Waals surface area (Å²) in [6, 6.07) is 15.8. The van der Waals surface area contributed by atoms with Crippen molar-refractivity contribution >= 4 is 74.6 Å². The predicted molar refractivity (Wildman–Crippen MR) is 248 cm³/mol. The first-order valence-electron chi connectivity index (χ1n) is 21.8. The molecular weight excluding hydrogens is 902 g/mol. The summed E-state index contributed by atoms with van der Waals surface area (Å²) in [7, 11) is -5.26. The number of aliphatic hydroxyl groups excluding tert-OH is 1. The molecule has 18 heteroatoms. The molecule has 6 rings (SSSR count). The summed E-state index contributed by atoms with van der Waals surface area (Å²) in [5.41, 5.74) is -5.16. The van der Waals surface area contributed by atoms with Gasteiger partial charge in [0, 0.05) is 57.6 Å². The topological polar surface area (TPSA) is 166 Å². The van der Waals surface area contributed by atoms with Gasteiger partial charge in [0.15, 0.2) is 10.2 Å². The van der Waals surface area contributed by atoms with Crippen molar-refractivity contribution in [3.8, 4) is 6.07 Å². The first kappa shape index (κ1) is 50.2. The Morgan fingerprint density at radius 3 is 2.16 bits per heavy atom. The van der Waals surface area contributed by atoms with Gasteiger partial charge in [-0.05, 0) is 54.8 Å². The third kappa shape index (κ3) is 11.5. The molecule has 3 aromatic rings. The minimum absolute atomic E-state index is 0.0433. The lowest BCUT2D eigenvalue weighted by atomic mass is 9.90. The zero-order valence-electron chi connectivity index (χ0n) is 37.2. The Bertz CT molecular complexity index is 2220. The minimum atomic E-state index is -5.26. The summed E-state index contributed by atoms with van der Waals surface area (Å²) in [6.45, 7) is 10.3. The van der Waals surface area contributed by atoms with Crippen molar-refractivity contribution in [3.63, 3.8) is 0 Å². The van der Waals surface area contributed by atoms with Gasteiger partial charge in [-0.15, -0.1) is 11.3 Å². The van der Waals surface area contributed by atoms with Crippen molar-refractivity contribution in [2.24, 2.45) is 16.7 Å². The number of likely N-dealkylation sites (tertiary alicyclic amines) is 1. The van der Waals surface area contributed by atoms with E-state index in [0.717, 1.165) is 65.4 Å². The van der Waals surface area contributed by atoms with E-state index in [1.807, 2.05) is 35.2 Å². The fourth-order valence-electron chi connectivity index (χ4n) is 8.41. The lowest BCUT2D eigenvalue weighted by Gasteiger charge is -2.39. The molecule has 2 amide bonds. The van der Waals surface area contributed by atoms with Gasteiger partial charge in [-0.2, -0.15) is 14.0 Å². The third-order valence-corrected chi connectivity index (χ3v) is 17.6. The van der Waals surface area contributed by atoms with Gasteiger partial charge in [-0.1, -0.05) is 114 Å². The lowest BCUT2D eigenvalue weighted by molar-refractivity contribution is -0.143. The van der Waals surface area contributed by atoms with Crippen LogP contribution >= 0.6 is 42.5 Å². The average Bonchev–Trinajstić information content (AvgIpc) is 4.00. The summed E-state index contributed by atoms with van der Waals surface area (Å²) in [5, 5.41) is 24.6. The molecular formula is C46H59F2N4O8PS3. The number of thioether (sulfide) groups is 2. The molecule has 64 heavy (non-hydrogen) atoms. The molecule has 3 unspecified atom stereocenters. The van der Waals surface area contributed by atoms with Gasteiger partial charge >= 0.3 is 13.3 Å². The Morgan fingerprint density at radius 1 is 0.922 bits per heavy atom. The Balaban J connectivity index is 1.16. The number of fused-ring (bicyclic) bond motifs is 2. The Morgan fingerprint density at radius 2 is 1.55 bits per heavy atom. The van der Waals surface area contributed by atoms with Crippen LogP contribution in [0.15, 0.2) is 54.6 Å². The summed E-state index contributed by atoms with van der Waals surface area (Å²) in [6.07, 6.45) is 3.00. The van der Waals surface area contributed by atoms with E-state index in [4.69, 9.17) is 9.05 Å². The molecule has 12 nitrogen and oxygen atoms in total. The molecule has 3 aliphatic rings. The number of hydrogen-bond acceptors (Lipinski definition) is 13. The zero-order chi connectivity index (χ0) is 46.6. The van der Waals surface area contributed by atoms with Gasteiger partial charge in [0.1, 0.15) is 12.3 Å². The maximum atomic E-state index is 16.5. The maximum Gasteiger partial charge on any atom is 0.404 e. The van der Waals surface area contributed by atoms with Gasteiger partial charge < -0.3 is 24.4 Å². The second-order valence-electron chi connectivity index (χ2n) is 18.8. The number of nitrogens with zero attached hydrogens (tertiary/aromatic N) is 3. The van der Waals surface area contributed by atoms with E-state index in [1.54, 1.807) is 46.4 Å². The first-order chi connectivity index (χ1) is 30.1. The van der Waals surface area contributed by atoms with E-state index in [1.165, 1.54) is 12.1 Å². The lowest BCUT2D eigenvalue weighted by Crippen LogP contribution is -2.58. The van der Waals surface area contributed by atoms with Gasteiger partial charge in [0.25, 0.3) is 5.91 Å². The molecule has 0 radical (unpaired) electrons. The van der Waals surface area contributed by atoms with E-state index in [9.17, 15) is 34.1 Å². The smallest absolute Gasteiger partial charge is 0.376 e. The number of rotatable bonds is 15. The van der Waals surface area contributed by atoms with E-state index in [0.29, 0.717) is 43.5 Å². The second kappa shape index (κ2) is 20.8. The Labute approximate surface area is 387 Å². The maximum absolute atomic E-state index is 16.5. The van der Waals surface area contributed by atoms with Crippen LogP contribution in [-0.2, 0) is 33.7 Å². The van der Waals surface area contributed by atoms with E-state index < -0.39 is 67.1 Å². The number of carbonyl (C=O) groups excluding carboxylic acids is 4. The fourth-order valence-corrected chi connectivity index (χ4v) is 12.7. The molecule has 2 N–H and O–H groups in total. The minimum Gasteiger partial charge on any atom is -0.376 e. The normalized spacial score (nSPS) is 23.0. The van der Waals surface area contributed by atoms with Crippen LogP contribution in [0.5, 0.6) is 0 Å². The van der Waals surface area contributed by atoms with Gasteiger partial charge in [0.05, 0.1) is 36.1 Å². The molecule has 0 aliphatic carbocycles. The van der Waals surface area contributed by atoms with Crippen LogP contribution in [0.4, 0.5) is 8.78 Å². The van der Waals surface area contributed by atoms with Crippen molar-refractivity contribution in [1.29, 1.82) is 5.26 Å². The molecule has 3 aliphatic heterocycles. The number of carbonyl (C=O) groups is 4. The van der Waals surface area contributed by atoms with Crippen LogP contribution in [0.1, 0.15) is 107 Å². The number of amides is 2. The Hall–Kier alpha value is -3.20. The number of alkyl halides is 2. The summed E-state index contributed by atoms with van der Waals surface area (Å²) in [5.74, 6) is -1.32. The fraction of sp³-hybridized carbons (Fsp3) is 0.587. The highest BCUT2D eigenvalue weighted by atomic mass is 32.2. The van der Waals surface area contributed by atoms with Crippen LogP contribution in [0.25, 0.3) is 10.1 Å². The number of halogens is 2. The van der Waals surface area contributed by atoms with Gasteiger partial charge in [0.2, 0.25) is 5.91 Å². The number of aliphatic hydroxyl groups is 1. The third-order valence-electron chi connectivity index (χ3n) is 12.0. The molecule has 3 fully saturated rings. The molecule has 4 heterocycles. The van der Waals surface area contributed by atoms with Crippen LogP contribution < -0.4 is 5.32 Å². The number of nitrogens with one attached hydrogen (secondary N) is 1. The number of nitriles is 1. The monoisotopic (exact) mass is 960 g/mol. The molecule has 348 valence electrons. The average molecular weight is 961 g/mol. The number of benzene rings is 2. The van der Waals surface area contributed by atoms with Crippen molar-refractivity contribution in [2.75, 3.05) is 37.8 Å². The van der Waals surface area contributed by atoms with Crippen LogP contribution in [0.2, 0.25) is 0 Å². The molecule has 0 spiro atoms. The quantitative estimate of drug-likeness (QED) is 0.110. The van der Waals surface area contributed by atoms with Crippen molar-refractivity contribution in [2.45, 2.75) is 116 Å². The Kier molecular flexibility index (Phi) is 16.3. The zero-order valence-corrected chi connectivity index (χ0v) is 40.6. The first-order valence-corrected chi connectivity index (χ1v) is 26.1. The van der Waals surface area contributed by atoms with Gasteiger partial charge in [-0.3, -0.25) is 28.6 Å². The predicted octanol–water partition coefficient (Wildman–Crippen LogP) is 9.38. The molecule has 1 aromatic heterocycles. The van der Waals surface area contributed by atoms with Crippen molar-refractivity contribution in [3.05, 3.63) is 70.6 Å². The van der Waals surface area contributed by atoms with E-state index >= 15 is 8.78 Å². The standard InChI is InChI=1S/C46H59F2N4O8PS3/c1-44(2,3)42(56)62-22-20-59-61(58,60-21-23-63-43(57)45(4,5)6)46(47,48)32-16-19-37-30(24-32)25-38(64-37)39(53)50-35-15-11-10-14-33-17-18-36(52(33)40(35)54)41(55)51-27-31(26-49)34(28-51)29-12-8-7-9-13-29/h7-9,12-13,16,19,24-25,31,33-36,41,55H,10-11,14-15,17-18,20-23,27-28H2,1-6H3,(H,50,53)/t31-,33?,34+,35?,36+,41?/m1/s1. The van der Waals surface area contributed by atoms with Crippen LogP contribution in [0.3, 0.4) is 0 Å². The molecule has 0 bridgehead atoms. The van der Waals surface area contributed by atoms with Crippen LogP contribution in [-0.4, -0.2) is 99.1 Å². The molecule has 2 aromatic carbocycles. The highest BCUT2D eigenvalue weighted by molar-refractivity contribution is 8.14. The highest BCUT2D eigenvalue weighted by Crippen LogP contribution is 2.67. The van der Waals surface area contributed by atoms with Crippen molar-refractivity contribution in [1.82, 2.24) is 15.1 Å². The SMILES string of the molecule is CC(C)(C)C(=O)SCCOP(=O)(OCCSC(=O)C(C)(C)C)C(F)(F)c1ccc2sc(C(=O)NC3CCCCC4CC[C@@H](C(O)N5C[C@@H](C#N)[C@H](c6ccccc6)C5)N4C3=O)cc2c1. The van der Waals surface area contributed by atoms with Crippen molar-refractivity contribution < 1.29 is 46.7 Å². The molecule has 0 saturated carbocycles. The van der Waals surface area contributed by atoms with Gasteiger partial charge in [-0.25, -0.2) is 0 Å². The summed E-state index contributed by atoms with van der Waals surface area (Å²) >= 11 is 2.82. The van der Waals surface area contributed by atoms with Crippen LogP contribution in [0, 0.1) is 28.1 Å². The molecule has 6 atom stereocenters. The van der Waals surface area contributed by atoms with E-state index in [2.05, 4.69) is 11.4 Å². The second-order valence-corrected chi connectivity index (χ2v) is 24.1. The number of thiophene rings is 1. The highest BCUT2D eigenvalue weighted by Gasteiger charge is 2.55. The number of hydrogen-bond donors (Lipinski definition) is 2. The van der Waals surface area contributed by atoms with E-state index in [-0.39, 0.29) is 55.8 Å².